The Hall–Kier alpha value is -1.36. The van der Waals surface area contributed by atoms with Gasteiger partial charge in [0.2, 0.25) is 21.1 Å². The number of rotatable bonds is 6. The maximum absolute atomic E-state index is 12.5. The van der Waals surface area contributed by atoms with Crippen molar-refractivity contribution in [3.8, 4) is 0 Å². The number of hydrogen-bond donors (Lipinski definition) is 1. The molecule has 25 heavy (non-hydrogen) atoms. The summed E-state index contributed by atoms with van der Waals surface area (Å²) in [5.74, 6) is -0.508. The van der Waals surface area contributed by atoms with Crippen LogP contribution in [0.15, 0.2) is 22.5 Å². The summed E-state index contributed by atoms with van der Waals surface area (Å²) in [6.45, 7) is 3.31. The molecule has 0 bridgehead atoms. The molecule has 1 heterocycles. The molecule has 1 N–H and O–H groups in total. The minimum atomic E-state index is -3.71. The van der Waals surface area contributed by atoms with Crippen LogP contribution in [0.25, 0.3) is 0 Å². The monoisotopic (exact) mass is 420 g/mol. The van der Waals surface area contributed by atoms with Crippen LogP contribution in [0.3, 0.4) is 0 Å². The van der Waals surface area contributed by atoms with Crippen LogP contribution in [0.5, 0.6) is 0 Å². The van der Waals surface area contributed by atoms with Crippen LogP contribution in [0.2, 0.25) is 5.02 Å². The lowest BCUT2D eigenvalue weighted by atomic mass is 10.2. The van der Waals surface area contributed by atoms with E-state index < -0.39 is 22.0 Å². The van der Waals surface area contributed by atoms with Crippen molar-refractivity contribution in [2.75, 3.05) is 22.1 Å². The number of carbonyl (C=O) groups is 1. The molecular formula is C14H17ClN4O3S3. The van der Waals surface area contributed by atoms with Gasteiger partial charge < -0.3 is 0 Å². The van der Waals surface area contributed by atoms with Crippen LogP contribution in [0, 0.1) is 6.92 Å². The summed E-state index contributed by atoms with van der Waals surface area (Å²) < 4.78 is 26.2. The van der Waals surface area contributed by atoms with Crippen molar-refractivity contribution >= 4 is 61.4 Å². The first-order valence-electron chi connectivity index (χ1n) is 7.07. The zero-order chi connectivity index (χ0) is 18.8. The Kier molecular flexibility index (Phi) is 6.30. The minimum Gasteiger partial charge on any atom is -0.299 e. The molecule has 0 spiro atoms. The number of halogens is 1. The van der Waals surface area contributed by atoms with Gasteiger partial charge >= 0.3 is 0 Å². The van der Waals surface area contributed by atoms with Crippen LogP contribution < -0.4 is 9.62 Å². The van der Waals surface area contributed by atoms with Gasteiger partial charge in [0.1, 0.15) is 6.04 Å². The molecule has 7 nitrogen and oxygen atoms in total. The fraction of sp³-hybridized carbons (Fsp3) is 0.357. The van der Waals surface area contributed by atoms with E-state index in [4.69, 9.17) is 11.6 Å². The minimum absolute atomic E-state index is 0.316. The van der Waals surface area contributed by atoms with Crippen LogP contribution >= 0.6 is 34.7 Å². The Morgan fingerprint density at radius 2 is 2.08 bits per heavy atom. The molecule has 2 aromatic rings. The first-order chi connectivity index (χ1) is 11.6. The molecule has 11 heteroatoms. The molecule has 1 amide bonds. The van der Waals surface area contributed by atoms with Crippen molar-refractivity contribution in [2.24, 2.45) is 0 Å². The normalized spacial score (nSPS) is 12.7. The number of nitrogens with zero attached hydrogens (tertiary/aromatic N) is 3. The van der Waals surface area contributed by atoms with E-state index >= 15 is 0 Å². The summed E-state index contributed by atoms with van der Waals surface area (Å²) in [6, 6.07) is 3.85. The second-order valence-corrected chi connectivity index (χ2v) is 9.53. The molecule has 0 saturated carbocycles. The molecule has 0 fully saturated rings. The number of benzene rings is 1. The molecular weight excluding hydrogens is 404 g/mol. The lowest BCUT2D eigenvalue weighted by Crippen LogP contribution is -2.45. The molecule has 2 rings (SSSR count). The van der Waals surface area contributed by atoms with Crippen LogP contribution in [-0.4, -0.2) is 43.1 Å². The van der Waals surface area contributed by atoms with Gasteiger partial charge in [0, 0.05) is 5.02 Å². The van der Waals surface area contributed by atoms with Crippen molar-refractivity contribution in [3.63, 3.8) is 0 Å². The lowest BCUT2D eigenvalue weighted by molar-refractivity contribution is -0.116. The molecule has 1 aromatic carbocycles. The summed E-state index contributed by atoms with van der Waals surface area (Å²) in [5.41, 5.74) is 1.14. The fourth-order valence-corrected chi connectivity index (χ4v) is 4.59. The number of amides is 1. The summed E-state index contributed by atoms with van der Waals surface area (Å²) in [4.78, 5) is 12.5. The predicted molar refractivity (Wildman–Crippen MR) is 103 cm³/mol. The summed E-state index contributed by atoms with van der Waals surface area (Å²) in [5, 5.41) is 11.1. The summed E-state index contributed by atoms with van der Waals surface area (Å²) in [6.07, 6.45) is 2.89. The van der Waals surface area contributed by atoms with E-state index in [2.05, 4.69) is 15.5 Å². The molecule has 0 aliphatic carbocycles. The smallest absolute Gasteiger partial charge is 0.249 e. The number of carbonyl (C=O) groups excluding carboxylic acids is 1. The van der Waals surface area contributed by atoms with E-state index in [0.717, 1.165) is 16.1 Å². The van der Waals surface area contributed by atoms with E-state index in [0.29, 0.717) is 20.2 Å². The highest BCUT2D eigenvalue weighted by Gasteiger charge is 2.30. The molecule has 0 saturated heterocycles. The Labute approximate surface area is 159 Å². The van der Waals surface area contributed by atoms with E-state index in [-0.39, 0.29) is 0 Å². The highest BCUT2D eigenvalue weighted by Crippen LogP contribution is 2.28. The van der Waals surface area contributed by atoms with Crippen molar-refractivity contribution in [2.45, 2.75) is 24.2 Å². The molecule has 0 radical (unpaired) electrons. The number of anilines is 2. The quantitative estimate of drug-likeness (QED) is 0.570. The topological polar surface area (TPSA) is 92.3 Å². The third-order valence-corrected chi connectivity index (χ3v) is 6.77. The van der Waals surface area contributed by atoms with Gasteiger partial charge in [0.05, 0.1) is 11.9 Å². The van der Waals surface area contributed by atoms with E-state index in [1.165, 1.54) is 36.1 Å². The van der Waals surface area contributed by atoms with Gasteiger partial charge in [-0.2, -0.15) is 0 Å². The molecule has 0 aliphatic heterocycles. The number of hydrogen-bond acceptors (Lipinski definition) is 7. The van der Waals surface area contributed by atoms with E-state index in [9.17, 15) is 13.2 Å². The van der Waals surface area contributed by atoms with Crippen molar-refractivity contribution in [3.05, 3.63) is 28.8 Å². The number of aryl methyl sites for hydroxylation is 1. The maximum atomic E-state index is 12.5. The lowest BCUT2D eigenvalue weighted by Gasteiger charge is -2.28. The number of sulfonamides is 1. The van der Waals surface area contributed by atoms with Crippen molar-refractivity contribution < 1.29 is 13.2 Å². The average molecular weight is 421 g/mol. The van der Waals surface area contributed by atoms with Gasteiger partial charge in [-0.3, -0.25) is 14.4 Å². The highest BCUT2D eigenvalue weighted by atomic mass is 35.5. The van der Waals surface area contributed by atoms with E-state index in [1.54, 1.807) is 12.1 Å². The molecule has 1 aromatic heterocycles. The predicted octanol–water partition coefficient (Wildman–Crippen LogP) is 3.02. The third-order valence-electron chi connectivity index (χ3n) is 3.31. The first-order valence-corrected chi connectivity index (χ1v) is 11.3. The number of thioether (sulfide) groups is 1. The molecule has 0 aliphatic rings. The van der Waals surface area contributed by atoms with Gasteiger partial charge in [0.15, 0.2) is 4.34 Å². The standard InChI is InChI=1S/C14H17ClN4O3S3/c1-8-5-6-10(7-11(8)15)19(25(4,21)22)9(2)12(20)16-13-17-18-14(23-3)24-13/h5-7,9H,1-4H3,(H,16,17,20)/t9-/m0/s1. The first kappa shape index (κ1) is 20.0. The van der Waals surface area contributed by atoms with Gasteiger partial charge in [-0.05, 0) is 37.8 Å². The Morgan fingerprint density at radius 3 is 2.60 bits per heavy atom. The number of aromatic nitrogens is 2. The second-order valence-electron chi connectivity index (χ2n) is 5.23. The van der Waals surface area contributed by atoms with Crippen molar-refractivity contribution in [1.29, 1.82) is 0 Å². The third kappa shape index (κ3) is 4.84. The number of nitrogens with one attached hydrogen (secondary N) is 1. The zero-order valence-electron chi connectivity index (χ0n) is 14.0. The average Bonchev–Trinajstić information content (AvgIpc) is 2.97. The molecule has 136 valence electrons. The van der Waals surface area contributed by atoms with Gasteiger partial charge in [-0.25, -0.2) is 8.42 Å². The Morgan fingerprint density at radius 1 is 1.40 bits per heavy atom. The molecule has 0 unspecified atom stereocenters. The summed E-state index contributed by atoms with van der Waals surface area (Å²) >= 11 is 8.73. The fourth-order valence-electron chi connectivity index (χ4n) is 2.08. The Balaban J connectivity index is 2.30. The van der Waals surface area contributed by atoms with Gasteiger partial charge in [-0.1, -0.05) is 40.8 Å². The zero-order valence-corrected chi connectivity index (χ0v) is 17.2. The SMILES string of the molecule is CSc1nnc(NC(=O)[C@H](C)N(c2ccc(C)c(Cl)c2)S(C)(=O)=O)s1. The largest absolute Gasteiger partial charge is 0.299 e. The highest BCUT2D eigenvalue weighted by molar-refractivity contribution is 8.00. The maximum Gasteiger partial charge on any atom is 0.249 e. The van der Waals surface area contributed by atoms with E-state index in [1.807, 2.05) is 13.2 Å². The van der Waals surface area contributed by atoms with Crippen LogP contribution in [0.1, 0.15) is 12.5 Å². The van der Waals surface area contributed by atoms with Crippen molar-refractivity contribution in [1.82, 2.24) is 10.2 Å². The Bertz CT molecular complexity index is 885. The van der Waals surface area contributed by atoms with Crippen LogP contribution in [-0.2, 0) is 14.8 Å². The molecule has 1 atom stereocenters. The van der Waals surface area contributed by atoms with Crippen LogP contribution in [0.4, 0.5) is 10.8 Å². The van der Waals surface area contributed by atoms with Gasteiger partial charge in [0.25, 0.3) is 0 Å². The van der Waals surface area contributed by atoms with Gasteiger partial charge in [-0.15, -0.1) is 10.2 Å². The summed E-state index contributed by atoms with van der Waals surface area (Å²) in [7, 11) is -3.71. The second kappa shape index (κ2) is 7.90.